The monoisotopic (exact) mass is 219 g/mol. The number of fused-ring (bicyclic) bond motifs is 3. The first-order valence-corrected chi connectivity index (χ1v) is 5.38. The summed E-state index contributed by atoms with van der Waals surface area (Å²) in [6.07, 6.45) is -0.260. The fourth-order valence-corrected chi connectivity index (χ4v) is 2.19. The summed E-state index contributed by atoms with van der Waals surface area (Å²) in [5.74, 6) is 0.905. The number of oxime groups is 1. The molecule has 84 valence electrons. The van der Waals surface area contributed by atoms with Crippen LogP contribution >= 0.6 is 0 Å². The molecule has 2 heterocycles. The Labute approximate surface area is 93.5 Å². The first kappa shape index (κ1) is 9.66. The number of hydrogen-bond acceptors (Lipinski definition) is 4. The lowest BCUT2D eigenvalue weighted by molar-refractivity contribution is 0.00847. The molecule has 4 nitrogen and oxygen atoms in total. The Kier molecular flexibility index (Phi) is 2.11. The summed E-state index contributed by atoms with van der Waals surface area (Å²) in [7, 11) is 0. The second-order valence-electron chi connectivity index (χ2n) is 4.22. The molecular weight excluding hydrogens is 206 g/mol. The fraction of sp³-hybridized carbons (Fsp3) is 0.417. The molecule has 1 aromatic carbocycles. The van der Waals surface area contributed by atoms with Crippen LogP contribution in [0.1, 0.15) is 11.1 Å². The van der Waals surface area contributed by atoms with E-state index in [1.54, 1.807) is 0 Å². The van der Waals surface area contributed by atoms with Gasteiger partial charge in [0.1, 0.15) is 18.1 Å². The SMILES string of the molecule is Cc1ccc2c(c1)C1=NOC(CO)C1CO2. The molecule has 16 heavy (non-hydrogen) atoms. The highest BCUT2D eigenvalue weighted by Gasteiger charge is 2.39. The molecule has 4 heteroatoms. The minimum Gasteiger partial charge on any atom is -0.492 e. The van der Waals surface area contributed by atoms with E-state index in [2.05, 4.69) is 5.16 Å². The number of aliphatic hydroxyl groups is 1. The zero-order valence-corrected chi connectivity index (χ0v) is 9.01. The van der Waals surface area contributed by atoms with Gasteiger partial charge in [0.15, 0.2) is 6.10 Å². The third kappa shape index (κ3) is 1.30. The maximum absolute atomic E-state index is 9.15. The van der Waals surface area contributed by atoms with Crippen molar-refractivity contribution in [1.82, 2.24) is 0 Å². The molecule has 0 bridgehead atoms. The molecule has 1 N–H and O–H groups in total. The third-order valence-corrected chi connectivity index (χ3v) is 3.10. The maximum atomic E-state index is 9.15. The number of benzene rings is 1. The summed E-state index contributed by atoms with van der Waals surface area (Å²) >= 11 is 0. The van der Waals surface area contributed by atoms with Crippen molar-refractivity contribution in [2.45, 2.75) is 13.0 Å². The van der Waals surface area contributed by atoms with Gasteiger partial charge in [0.2, 0.25) is 0 Å². The normalized spacial score (nSPS) is 26.2. The van der Waals surface area contributed by atoms with Crippen molar-refractivity contribution in [2.24, 2.45) is 11.1 Å². The molecule has 0 amide bonds. The zero-order valence-electron chi connectivity index (χ0n) is 9.01. The Balaban J connectivity index is 2.04. The Bertz CT molecular complexity index is 456. The van der Waals surface area contributed by atoms with Crippen molar-refractivity contribution in [1.29, 1.82) is 0 Å². The van der Waals surface area contributed by atoms with Crippen molar-refractivity contribution in [3.05, 3.63) is 29.3 Å². The van der Waals surface area contributed by atoms with Gasteiger partial charge >= 0.3 is 0 Å². The van der Waals surface area contributed by atoms with Gasteiger partial charge in [-0.3, -0.25) is 0 Å². The molecule has 3 rings (SSSR count). The smallest absolute Gasteiger partial charge is 0.162 e. The molecule has 2 atom stereocenters. The maximum Gasteiger partial charge on any atom is 0.162 e. The van der Waals surface area contributed by atoms with Crippen LogP contribution in [-0.2, 0) is 4.84 Å². The van der Waals surface area contributed by atoms with Crippen LogP contribution in [0.5, 0.6) is 5.75 Å². The van der Waals surface area contributed by atoms with Crippen molar-refractivity contribution >= 4 is 5.71 Å². The summed E-state index contributed by atoms with van der Waals surface area (Å²) in [5, 5.41) is 13.2. The molecule has 0 spiro atoms. The highest BCUT2D eigenvalue weighted by Crippen LogP contribution is 2.34. The van der Waals surface area contributed by atoms with E-state index < -0.39 is 0 Å². The second kappa shape index (κ2) is 3.49. The number of nitrogens with zero attached hydrogens (tertiary/aromatic N) is 1. The third-order valence-electron chi connectivity index (χ3n) is 3.10. The van der Waals surface area contributed by atoms with Crippen molar-refractivity contribution in [2.75, 3.05) is 13.2 Å². The highest BCUT2D eigenvalue weighted by atomic mass is 16.7. The average molecular weight is 219 g/mol. The van der Waals surface area contributed by atoms with Gasteiger partial charge in [-0.05, 0) is 19.1 Å². The van der Waals surface area contributed by atoms with E-state index in [1.807, 2.05) is 25.1 Å². The van der Waals surface area contributed by atoms with E-state index in [0.29, 0.717) is 6.61 Å². The van der Waals surface area contributed by atoms with E-state index >= 15 is 0 Å². The van der Waals surface area contributed by atoms with Gasteiger partial charge in [0.05, 0.1) is 12.5 Å². The summed E-state index contributed by atoms with van der Waals surface area (Å²) in [6, 6.07) is 6.01. The second-order valence-corrected chi connectivity index (χ2v) is 4.22. The van der Waals surface area contributed by atoms with Crippen molar-refractivity contribution < 1.29 is 14.7 Å². The van der Waals surface area contributed by atoms with Gasteiger partial charge in [-0.2, -0.15) is 0 Å². The summed E-state index contributed by atoms with van der Waals surface area (Å²) in [6.45, 7) is 2.53. The molecule has 0 saturated carbocycles. The Morgan fingerprint density at radius 1 is 1.50 bits per heavy atom. The summed E-state index contributed by atoms with van der Waals surface area (Å²) in [5.41, 5.74) is 3.06. The average Bonchev–Trinajstić information content (AvgIpc) is 2.72. The van der Waals surface area contributed by atoms with Gasteiger partial charge in [0, 0.05) is 5.56 Å². The minimum absolute atomic E-state index is 0.0256. The van der Waals surface area contributed by atoms with E-state index in [1.165, 1.54) is 0 Å². The predicted molar refractivity (Wildman–Crippen MR) is 58.7 cm³/mol. The lowest BCUT2D eigenvalue weighted by Gasteiger charge is -2.24. The number of aliphatic hydroxyl groups excluding tert-OH is 1. The first-order chi connectivity index (χ1) is 7.79. The standard InChI is InChI=1S/C12H13NO3/c1-7-2-3-10-8(4-7)12-9(6-15-10)11(5-14)16-13-12/h2-4,9,11,14H,5-6H2,1H3. The molecule has 0 saturated heterocycles. The Hall–Kier alpha value is -1.55. The Morgan fingerprint density at radius 3 is 3.19 bits per heavy atom. The quantitative estimate of drug-likeness (QED) is 0.769. The number of ether oxygens (including phenoxy) is 1. The molecule has 2 aliphatic rings. The van der Waals surface area contributed by atoms with Gasteiger partial charge in [-0.1, -0.05) is 16.8 Å². The van der Waals surface area contributed by atoms with E-state index in [-0.39, 0.29) is 18.6 Å². The molecule has 0 aliphatic carbocycles. The lowest BCUT2D eigenvalue weighted by atomic mass is 9.90. The topological polar surface area (TPSA) is 51.0 Å². The number of rotatable bonds is 1. The van der Waals surface area contributed by atoms with Crippen molar-refractivity contribution in [3.63, 3.8) is 0 Å². The largest absolute Gasteiger partial charge is 0.492 e. The molecule has 0 fully saturated rings. The van der Waals surface area contributed by atoms with E-state index in [0.717, 1.165) is 22.6 Å². The van der Waals surface area contributed by atoms with Gasteiger partial charge in [-0.15, -0.1) is 0 Å². The summed E-state index contributed by atoms with van der Waals surface area (Å²) < 4.78 is 5.65. The molecular formula is C12H13NO3. The number of aryl methyl sites for hydroxylation is 1. The van der Waals surface area contributed by atoms with Crippen LogP contribution in [0.15, 0.2) is 23.4 Å². The minimum atomic E-state index is -0.260. The molecule has 0 aromatic heterocycles. The summed E-state index contributed by atoms with van der Waals surface area (Å²) in [4.78, 5) is 5.20. The van der Waals surface area contributed by atoms with Crippen LogP contribution in [-0.4, -0.2) is 30.1 Å². The zero-order chi connectivity index (χ0) is 11.1. The van der Waals surface area contributed by atoms with Crippen LogP contribution in [0.3, 0.4) is 0 Å². The highest BCUT2D eigenvalue weighted by molar-refractivity contribution is 6.06. The van der Waals surface area contributed by atoms with Gasteiger partial charge < -0.3 is 14.7 Å². The van der Waals surface area contributed by atoms with Crippen LogP contribution in [0, 0.1) is 12.8 Å². The molecule has 1 aromatic rings. The van der Waals surface area contributed by atoms with Crippen LogP contribution in [0.2, 0.25) is 0 Å². The predicted octanol–water partition coefficient (Wildman–Crippen LogP) is 1.10. The van der Waals surface area contributed by atoms with Crippen molar-refractivity contribution in [3.8, 4) is 5.75 Å². The first-order valence-electron chi connectivity index (χ1n) is 5.38. The fourth-order valence-electron chi connectivity index (χ4n) is 2.19. The lowest BCUT2D eigenvalue weighted by Crippen LogP contribution is -2.35. The molecule has 2 aliphatic heterocycles. The number of hydrogen-bond donors (Lipinski definition) is 1. The molecule has 2 unspecified atom stereocenters. The van der Waals surface area contributed by atoms with Crippen LogP contribution < -0.4 is 4.74 Å². The van der Waals surface area contributed by atoms with Crippen LogP contribution in [0.25, 0.3) is 0 Å². The molecule has 0 radical (unpaired) electrons. The van der Waals surface area contributed by atoms with Gasteiger partial charge in [0.25, 0.3) is 0 Å². The Morgan fingerprint density at radius 2 is 2.38 bits per heavy atom. The van der Waals surface area contributed by atoms with Crippen LogP contribution in [0.4, 0.5) is 0 Å². The van der Waals surface area contributed by atoms with Gasteiger partial charge in [-0.25, -0.2) is 0 Å². The van der Waals surface area contributed by atoms with E-state index in [9.17, 15) is 0 Å². The van der Waals surface area contributed by atoms with E-state index in [4.69, 9.17) is 14.7 Å².